The third kappa shape index (κ3) is 4.03. The van der Waals surface area contributed by atoms with Crippen molar-refractivity contribution in [1.82, 2.24) is 14.1 Å². The molecule has 21 heavy (non-hydrogen) atoms. The second kappa shape index (κ2) is 6.87. The topological polar surface area (TPSA) is 60.9 Å². The maximum absolute atomic E-state index is 12.3. The summed E-state index contributed by atoms with van der Waals surface area (Å²) in [6.45, 7) is 3.03. The lowest BCUT2D eigenvalue weighted by Crippen LogP contribution is -2.42. The van der Waals surface area contributed by atoms with Gasteiger partial charge in [-0.3, -0.25) is 4.79 Å². The predicted octanol–water partition coefficient (Wildman–Crippen LogP) is 0.533. The number of likely N-dealkylation sites (N-methyl/N-ethyl adjacent to an activating group) is 2. The minimum Gasteiger partial charge on any atom is -0.340 e. The molecule has 1 aromatic heterocycles. The molecule has 0 bridgehead atoms. The highest BCUT2D eigenvalue weighted by Gasteiger charge is 2.26. The quantitative estimate of drug-likeness (QED) is 0.808. The van der Waals surface area contributed by atoms with Crippen molar-refractivity contribution in [2.75, 3.05) is 46.8 Å². The van der Waals surface area contributed by atoms with Gasteiger partial charge < -0.3 is 9.80 Å². The molecular weight excluding hydrogens is 310 g/mol. The summed E-state index contributed by atoms with van der Waals surface area (Å²) in [6.07, 6.45) is 0.920. The summed E-state index contributed by atoms with van der Waals surface area (Å²) in [7, 11) is -0.0710. The number of hydrogen-bond acceptors (Lipinski definition) is 5. The molecule has 1 saturated heterocycles. The molecule has 8 heteroatoms. The normalized spacial score (nSPS) is 18.0. The molecule has 0 radical (unpaired) electrons. The van der Waals surface area contributed by atoms with Gasteiger partial charge in [0, 0.05) is 26.7 Å². The highest BCUT2D eigenvalue weighted by molar-refractivity contribution is 7.91. The van der Waals surface area contributed by atoms with Crippen LogP contribution in [0.15, 0.2) is 21.7 Å². The number of rotatable bonds is 4. The van der Waals surface area contributed by atoms with Crippen LogP contribution in [0.25, 0.3) is 0 Å². The Kier molecular flexibility index (Phi) is 5.37. The predicted molar refractivity (Wildman–Crippen MR) is 82.8 cm³/mol. The number of thiophene rings is 1. The second-order valence-electron chi connectivity index (χ2n) is 5.23. The molecule has 0 aromatic carbocycles. The highest BCUT2D eigenvalue weighted by Crippen LogP contribution is 2.19. The summed E-state index contributed by atoms with van der Waals surface area (Å²) >= 11 is 1.16. The Bertz CT molecular complexity index is 571. The summed E-state index contributed by atoms with van der Waals surface area (Å²) in [6, 6.07) is 3.25. The summed E-state index contributed by atoms with van der Waals surface area (Å²) < 4.78 is 26.0. The van der Waals surface area contributed by atoms with Crippen molar-refractivity contribution >= 4 is 27.3 Å². The number of nitrogens with zero attached hydrogens (tertiary/aromatic N) is 3. The molecule has 0 N–H and O–H groups in total. The molecular formula is C13H21N3O3S2. The fraction of sp³-hybridized carbons (Fsp3) is 0.615. The van der Waals surface area contributed by atoms with Crippen molar-refractivity contribution in [3.63, 3.8) is 0 Å². The van der Waals surface area contributed by atoms with E-state index in [-0.39, 0.29) is 16.7 Å². The minimum atomic E-state index is -3.56. The first kappa shape index (κ1) is 16.4. The van der Waals surface area contributed by atoms with Crippen molar-refractivity contribution in [2.24, 2.45) is 0 Å². The lowest BCUT2D eigenvalue weighted by Gasteiger charge is -2.23. The van der Waals surface area contributed by atoms with Gasteiger partial charge in [-0.1, -0.05) is 6.07 Å². The van der Waals surface area contributed by atoms with Gasteiger partial charge in [0.2, 0.25) is 5.91 Å². The van der Waals surface area contributed by atoms with Crippen molar-refractivity contribution in [3.05, 3.63) is 17.5 Å². The summed E-state index contributed by atoms with van der Waals surface area (Å²) in [5, 5.41) is 1.72. The zero-order valence-electron chi connectivity index (χ0n) is 12.4. The standard InChI is InChI=1S/C13H21N3O3S2/c1-14-6-4-7-16(9-8-14)12(17)11-15(2)21(18,19)13-5-3-10-20-13/h3,5,10H,4,6-9,11H2,1-2H3. The third-order valence-electron chi connectivity index (χ3n) is 3.59. The fourth-order valence-electron chi connectivity index (χ4n) is 2.24. The van der Waals surface area contributed by atoms with Gasteiger partial charge in [-0.15, -0.1) is 11.3 Å². The van der Waals surface area contributed by atoms with Gasteiger partial charge in [0.05, 0.1) is 6.54 Å². The molecule has 0 saturated carbocycles. The maximum atomic E-state index is 12.3. The lowest BCUT2D eigenvalue weighted by molar-refractivity contribution is -0.131. The number of amides is 1. The van der Waals surface area contributed by atoms with E-state index in [0.29, 0.717) is 13.1 Å². The molecule has 0 spiro atoms. The number of sulfonamides is 1. The molecule has 1 aliphatic heterocycles. The molecule has 2 rings (SSSR count). The van der Waals surface area contributed by atoms with Gasteiger partial charge in [0.15, 0.2) is 0 Å². The molecule has 0 atom stereocenters. The molecule has 1 aliphatic rings. The largest absolute Gasteiger partial charge is 0.340 e. The fourth-order valence-corrected chi connectivity index (χ4v) is 4.56. The van der Waals surface area contributed by atoms with E-state index in [1.54, 1.807) is 22.4 Å². The van der Waals surface area contributed by atoms with Crippen LogP contribution >= 0.6 is 11.3 Å². The van der Waals surface area contributed by atoms with Gasteiger partial charge in [0.25, 0.3) is 10.0 Å². The summed E-state index contributed by atoms with van der Waals surface area (Å²) in [5.41, 5.74) is 0. The Labute approximate surface area is 130 Å². The average Bonchev–Trinajstić information content (AvgIpc) is 2.89. The first-order valence-corrected chi connectivity index (χ1v) is 9.19. The molecule has 2 heterocycles. The highest BCUT2D eigenvalue weighted by atomic mass is 32.2. The molecule has 6 nitrogen and oxygen atoms in total. The monoisotopic (exact) mass is 331 g/mol. The van der Waals surface area contributed by atoms with Crippen LogP contribution in [0.1, 0.15) is 6.42 Å². The number of carbonyl (C=O) groups is 1. The van der Waals surface area contributed by atoms with E-state index < -0.39 is 10.0 Å². The van der Waals surface area contributed by atoms with E-state index in [9.17, 15) is 13.2 Å². The van der Waals surface area contributed by atoms with Crippen LogP contribution in [0, 0.1) is 0 Å². The molecule has 118 valence electrons. The Morgan fingerprint density at radius 3 is 2.76 bits per heavy atom. The van der Waals surface area contributed by atoms with Crippen LogP contribution in [0.4, 0.5) is 0 Å². The van der Waals surface area contributed by atoms with E-state index in [2.05, 4.69) is 4.90 Å². The molecule has 0 unspecified atom stereocenters. The van der Waals surface area contributed by atoms with E-state index in [1.807, 2.05) is 7.05 Å². The Morgan fingerprint density at radius 1 is 1.33 bits per heavy atom. The molecule has 1 amide bonds. The minimum absolute atomic E-state index is 0.107. The van der Waals surface area contributed by atoms with E-state index in [4.69, 9.17) is 0 Å². The second-order valence-corrected chi connectivity index (χ2v) is 8.45. The molecule has 1 fully saturated rings. The zero-order valence-corrected chi connectivity index (χ0v) is 14.0. The Morgan fingerprint density at radius 2 is 2.10 bits per heavy atom. The van der Waals surface area contributed by atoms with Gasteiger partial charge >= 0.3 is 0 Å². The molecule has 1 aromatic rings. The van der Waals surface area contributed by atoms with Crippen LogP contribution in [0.5, 0.6) is 0 Å². The molecule has 0 aliphatic carbocycles. The van der Waals surface area contributed by atoms with Crippen LogP contribution in [-0.2, 0) is 14.8 Å². The number of hydrogen-bond donors (Lipinski definition) is 0. The Balaban J connectivity index is 1.99. The van der Waals surface area contributed by atoms with E-state index in [0.717, 1.165) is 35.2 Å². The maximum Gasteiger partial charge on any atom is 0.252 e. The summed E-state index contributed by atoms with van der Waals surface area (Å²) in [4.78, 5) is 16.2. The van der Waals surface area contributed by atoms with Gasteiger partial charge in [-0.25, -0.2) is 8.42 Å². The first-order chi connectivity index (χ1) is 9.91. The van der Waals surface area contributed by atoms with Crippen LogP contribution < -0.4 is 0 Å². The van der Waals surface area contributed by atoms with Crippen LogP contribution in [0.2, 0.25) is 0 Å². The van der Waals surface area contributed by atoms with Crippen molar-refractivity contribution in [1.29, 1.82) is 0 Å². The number of carbonyl (C=O) groups excluding carboxylic acids is 1. The first-order valence-electron chi connectivity index (χ1n) is 6.87. The van der Waals surface area contributed by atoms with Gasteiger partial charge in [0.1, 0.15) is 4.21 Å². The van der Waals surface area contributed by atoms with E-state index in [1.165, 1.54) is 7.05 Å². The SMILES string of the molecule is CN1CCCN(C(=O)CN(C)S(=O)(=O)c2cccs2)CC1. The van der Waals surface area contributed by atoms with Crippen molar-refractivity contribution in [2.45, 2.75) is 10.6 Å². The van der Waals surface area contributed by atoms with Crippen molar-refractivity contribution in [3.8, 4) is 0 Å². The van der Waals surface area contributed by atoms with E-state index >= 15 is 0 Å². The third-order valence-corrected chi connectivity index (χ3v) is 6.77. The van der Waals surface area contributed by atoms with Crippen LogP contribution in [0.3, 0.4) is 0 Å². The smallest absolute Gasteiger partial charge is 0.252 e. The average molecular weight is 331 g/mol. The van der Waals surface area contributed by atoms with Crippen molar-refractivity contribution < 1.29 is 13.2 Å². The van der Waals surface area contributed by atoms with Gasteiger partial charge in [-0.05, 0) is 31.5 Å². The lowest BCUT2D eigenvalue weighted by atomic mass is 10.4. The Hall–Kier alpha value is -0.960. The zero-order chi connectivity index (χ0) is 15.5. The van der Waals surface area contributed by atoms with Crippen LogP contribution in [-0.4, -0.2) is 75.2 Å². The van der Waals surface area contributed by atoms with Gasteiger partial charge in [-0.2, -0.15) is 4.31 Å². The summed E-state index contributed by atoms with van der Waals surface area (Å²) in [5.74, 6) is -0.132.